The number of hydrogen-bond acceptors (Lipinski definition) is 1. The number of carbonyl (C=O) groups is 1. The second-order valence-corrected chi connectivity index (χ2v) is 5.81. The first-order valence-corrected chi connectivity index (χ1v) is 7.78. The van der Waals surface area contributed by atoms with Crippen molar-refractivity contribution in [3.8, 4) is 0 Å². The summed E-state index contributed by atoms with van der Waals surface area (Å²) < 4.78 is 2.04. The van der Waals surface area contributed by atoms with Crippen molar-refractivity contribution in [3.05, 3.63) is 53.9 Å². The number of urea groups is 1. The highest BCUT2D eigenvalue weighted by Gasteiger charge is 2.18. The van der Waals surface area contributed by atoms with E-state index in [2.05, 4.69) is 12.2 Å². The van der Waals surface area contributed by atoms with Gasteiger partial charge in [-0.2, -0.15) is 0 Å². The number of amides is 2. The molecule has 2 rings (SSSR count). The lowest BCUT2D eigenvalue weighted by Crippen LogP contribution is -2.39. The predicted molar refractivity (Wildman–Crippen MR) is 90.9 cm³/mol. The van der Waals surface area contributed by atoms with Gasteiger partial charge in [0.2, 0.25) is 0 Å². The number of carbonyl (C=O) groups excluding carboxylic acids is 1. The molecule has 0 radical (unpaired) electrons. The quantitative estimate of drug-likeness (QED) is 0.889. The van der Waals surface area contributed by atoms with Gasteiger partial charge in [0.15, 0.2) is 0 Å². The summed E-state index contributed by atoms with van der Waals surface area (Å²) in [6.45, 7) is 6.78. The molecule has 1 aromatic heterocycles. The maximum Gasteiger partial charge on any atom is 0.322 e. The van der Waals surface area contributed by atoms with Gasteiger partial charge >= 0.3 is 6.03 Å². The van der Waals surface area contributed by atoms with Crippen molar-refractivity contribution in [3.63, 3.8) is 0 Å². The van der Waals surface area contributed by atoms with Crippen LogP contribution in [-0.2, 0) is 20.0 Å². The van der Waals surface area contributed by atoms with Crippen LogP contribution in [0.25, 0.3) is 0 Å². The molecular formula is C18H25N3O. The lowest BCUT2D eigenvalue weighted by Gasteiger charge is -2.27. The molecular weight excluding hydrogens is 274 g/mol. The Bertz CT molecular complexity index is 614. The number of hydrogen-bond donors (Lipinski definition) is 1. The van der Waals surface area contributed by atoms with Gasteiger partial charge in [-0.1, -0.05) is 19.1 Å². The van der Waals surface area contributed by atoms with Crippen molar-refractivity contribution in [2.45, 2.75) is 39.8 Å². The van der Waals surface area contributed by atoms with Crippen LogP contribution in [0.15, 0.2) is 42.6 Å². The molecule has 4 nitrogen and oxygen atoms in total. The average molecular weight is 299 g/mol. The smallest absolute Gasteiger partial charge is 0.322 e. The molecule has 1 heterocycles. The molecule has 0 saturated carbocycles. The second-order valence-electron chi connectivity index (χ2n) is 5.81. The van der Waals surface area contributed by atoms with Crippen molar-refractivity contribution in [1.29, 1.82) is 0 Å². The van der Waals surface area contributed by atoms with Crippen molar-refractivity contribution in [1.82, 2.24) is 9.47 Å². The number of benzene rings is 1. The van der Waals surface area contributed by atoms with Gasteiger partial charge in [0.25, 0.3) is 0 Å². The molecule has 22 heavy (non-hydrogen) atoms. The number of nitrogens with one attached hydrogen (secondary N) is 1. The lowest BCUT2D eigenvalue weighted by atomic mass is 10.1. The third-order valence-electron chi connectivity index (χ3n) is 3.88. The number of nitrogens with zero attached hydrogens (tertiary/aromatic N) is 2. The molecule has 0 bridgehead atoms. The van der Waals surface area contributed by atoms with E-state index in [1.165, 1.54) is 5.56 Å². The van der Waals surface area contributed by atoms with Crippen LogP contribution in [0.4, 0.5) is 10.5 Å². The Morgan fingerprint density at radius 3 is 2.41 bits per heavy atom. The molecule has 0 aliphatic heterocycles. The van der Waals surface area contributed by atoms with Crippen LogP contribution >= 0.6 is 0 Å². The molecule has 118 valence electrons. The Kier molecular flexibility index (Phi) is 5.26. The van der Waals surface area contributed by atoms with E-state index < -0.39 is 0 Å². The number of aryl methyl sites for hydroxylation is 2. The fourth-order valence-corrected chi connectivity index (χ4v) is 2.34. The summed E-state index contributed by atoms with van der Waals surface area (Å²) in [6, 6.07) is 12.1. The SMILES string of the molecule is CCc1ccc(NC(=O)N(Cc2cccn2C)C(C)C)cc1. The molecule has 4 heteroatoms. The number of anilines is 1. The summed E-state index contributed by atoms with van der Waals surface area (Å²) in [5.41, 5.74) is 3.22. The average Bonchev–Trinajstić information content (AvgIpc) is 2.90. The first kappa shape index (κ1) is 16.1. The highest BCUT2D eigenvalue weighted by atomic mass is 16.2. The lowest BCUT2D eigenvalue weighted by molar-refractivity contribution is 0.192. The summed E-state index contributed by atoms with van der Waals surface area (Å²) in [7, 11) is 2.00. The highest BCUT2D eigenvalue weighted by Crippen LogP contribution is 2.14. The van der Waals surface area contributed by atoms with Crippen LogP contribution in [0, 0.1) is 0 Å². The third-order valence-corrected chi connectivity index (χ3v) is 3.88. The second kappa shape index (κ2) is 7.16. The zero-order chi connectivity index (χ0) is 16.1. The Morgan fingerprint density at radius 2 is 1.91 bits per heavy atom. The Morgan fingerprint density at radius 1 is 1.23 bits per heavy atom. The fraction of sp³-hybridized carbons (Fsp3) is 0.389. The van der Waals surface area contributed by atoms with Crippen molar-refractivity contribution in [2.75, 3.05) is 5.32 Å². The molecule has 2 aromatic rings. The van der Waals surface area contributed by atoms with Gasteiger partial charge in [0, 0.05) is 30.7 Å². The van der Waals surface area contributed by atoms with Crippen molar-refractivity contribution >= 4 is 11.7 Å². The molecule has 1 aromatic carbocycles. The van der Waals surface area contributed by atoms with Crippen molar-refractivity contribution in [2.24, 2.45) is 7.05 Å². The van der Waals surface area contributed by atoms with Gasteiger partial charge in [-0.25, -0.2) is 4.79 Å². The topological polar surface area (TPSA) is 37.3 Å². The summed E-state index contributed by atoms with van der Waals surface area (Å²) in [6.07, 6.45) is 3.00. The summed E-state index contributed by atoms with van der Waals surface area (Å²) >= 11 is 0. The first-order chi connectivity index (χ1) is 10.5. The van der Waals surface area contributed by atoms with Crippen LogP contribution in [0.2, 0.25) is 0 Å². The van der Waals surface area contributed by atoms with Gasteiger partial charge in [0.05, 0.1) is 6.54 Å². The van der Waals surface area contributed by atoms with Crippen molar-refractivity contribution < 1.29 is 4.79 Å². The van der Waals surface area contributed by atoms with Gasteiger partial charge in [0.1, 0.15) is 0 Å². The van der Waals surface area contributed by atoms with E-state index in [0.29, 0.717) is 6.54 Å². The molecule has 1 N–H and O–H groups in total. The van der Waals surface area contributed by atoms with E-state index in [-0.39, 0.29) is 12.1 Å². The minimum atomic E-state index is -0.0690. The van der Waals surface area contributed by atoms with Gasteiger partial charge in [-0.05, 0) is 50.1 Å². The van der Waals surface area contributed by atoms with Crippen LogP contribution < -0.4 is 5.32 Å². The molecule has 2 amide bonds. The normalized spacial score (nSPS) is 10.8. The summed E-state index contributed by atoms with van der Waals surface area (Å²) in [5, 5.41) is 2.98. The Hall–Kier alpha value is -2.23. The molecule has 0 saturated heterocycles. The summed E-state index contributed by atoms with van der Waals surface area (Å²) in [5.74, 6) is 0. The number of rotatable bonds is 5. The van der Waals surface area contributed by atoms with E-state index in [9.17, 15) is 4.79 Å². The molecule has 0 aliphatic carbocycles. The fourth-order valence-electron chi connectivity index (χ4n) is 2.34. The van der Waals surface area contributed by atoms with E-state index >= 15 is 0 Å². The van der Waals surface area contributed by atoms with E-state index in [0.717, 1.165) is 17.8 Å². The van der Waals surface area contributed by atoms with Gasteiger partial charge in [-0.15, -0.1) is 0 Å². The van der Waals surface area contributed by atoms with Crippen LogP contribution in [0.5, 0.6) is 0 Å². The molecule has 0 fully saturated rings. The standard InChI is InChI=1S/C18H25N3O/c1-5-15-8-10-16(11-9-15)19-18(22)21(14(2)3)13-17-7-6-12-20(17)4/h6-12,14H,5,13H2,1-4H3,(H,19,22). The van der Waals surface area contributed by atoms with E-state index in [1.54, 1.807) is 0 Å². The maximum absolute atomic E-state index is 12.6. The Balaban J connectivity index is 2.07. The molecule has 0 unspecified atom stereocenters. The third kappa shape index (κ3) is 3.91. The minimum absolute atomic E-state index is 0.0690. The maximum atomic E-state index is 12.6. The highest BCUT2D eigenvalue weighted by molar-refractivity contribution is 5.89. The van der Waals surface area contributed by atoms with Crippen LogP contribution in [0.1, 0.15) is 32.0 Å². The monoisotopic (exact) mass is 299 g/mol. The Labute approximate surface area is 132 Å². The molecule has 0 spiro atoms. The summed E-state index contributed by atoms with van der Waals surface area (Å²) in [4.78, 5) is 14.4. The van der Waals surface area contributed by atoms with Crippen LogP contribution in [-0.4, -0.2) is 21.5 Å². The van der Waals surface area contributed by atoms with Gasteiger partial charge < -0.3 is 14.8 Å². The zero-order valence-electron chi connectivity index (χ0n) is 13.8. The first-order valence-electron chi connectivity index (χ1n) is 7.78. The van der Waals surface area contributed by atoms with Crippen LogP contribution in [0.3, 0.4) is 0 Å². The minimum Gasteiger partial charge on any atom is -0.353 e. The number of aromatic nitrogens is 1. The zero-order valence-corrected chi connectivity index (χ0v) is 13.8. The predicted octanol–water partition coefficient (Wildman–Crippen LogP) is 4.03. The van der Waals surface area contributed by atoms with E-state index in [4.69, 9.17) is 0 Å². The van der Waals surface area contributed by atoms with E-state index in [1.807, 2.05) is 73.0 Å². The molecule has 0 atom stereocenters. The molecule has 0 aliphatic rings. The van der Waals surface area contributed by atoms with Gasteiger partial charge in [-0.3, -0.25) is 0 Å². The largest absolute Gasteiger partial charge is 0.353 e.